The normalized spacial score (nSPS) is 16.7. The Morgan fingerprint density at radius 1 is 1.46 bits per heavy atom. The molecule has 0 aliphatic heterocycles. The SMILES string of the molecule is CCCC(O)(C(C)=NC)C(C)C.[Tm]. The number of aliphatic imine (C=N–C) groups is 1. The van der Waals surface area contributed by atoms with Crippen LogP contribution in [0.2, 0.25) is 0 Å². The smallest absolute Gasteiger partial charge is 0.104 e. The molecule has 0 saturated carbocycles. The largest absolute Gasteiger partial charge is 0.384 e. The Bertz CT molecular complexity index is 168. The van der Waals surface area contributed by atoms with Crippen LogP contribution in [0.1, 0.15) is 40.5 Å². The van der Waals surface area contributed by atoms with Crippen LogP contribution >= 0.6 is 0 Å². The third-order valence-electron chi connectivity index (χ3n) is 2.55. The van der Waals surface area contributed by atoms with Crippen LogP contribution < -0.4 is 0 Å². The molecule has 0 rings (SSSR count). The van der Waals surface area contributed by atoms with E-state index in [1.165, 1.54) is 0 Å². The summed E-state index contributed by atoms with van der Waals surface area (Å²) in [5.74, 6) is 0.237. The van der Waals surface area contributed by atoms with Gasteiger partial charge >= 0.3 is 0 Å². The minimum atomic E-state index is -0.691. The summed E-state index contributed by atoms with van der Waals surface area (Å²) in [7, 11) is 1.73. The van der Waals surface area contributed by atoms with E-state index in [0.29, 0.717) is 0 Å². The van der Waals surface area contributed by atoms with Gasteiger partial charge in [0.25, 0.3) is 0 Å². The van der Waals surface area contributed by atoms with Crippen molar-refractivity contribution in [3.63, 3.8) is 0 Å². The topological polar surface area (TPSA) is 32.6 Å². The predicted octanol–water partition coefficient (Wildman–Crippen LogP) is 2.26. The second-order valence-corrected chi connectivity index (χ2v) is 3.64. The standard InChI is InChI=1S/C10H21NO.Tm/c1-6-7-10(12,8(2)3)9(4)11-5;/h8,12H,6-7H2,1-5H3;. The fraction of sp³-hybridized carbons (Fsp3) is 0.900. The predicted molar refractivity (Wildman–Crippen MR) is 53.7 cm³/mol. The molecule has 0 aromatic rings. The van der Waals surface area contributed by atoms with Gasteiger partial charge in [-0.15, -0.1) is 0 Å². The van der Waals surface area contributed by atoms with E-state index in [1.807, 2.05) is 20.8 Å². The van der Waals surface area contributed by atoms with Crippen LogP contribution in [0, 0.1) is 42.8 Å². The van der Waals surface area contributed by atoms with Crippen LogP contribution in [-0.2, 0) is 0 Å². The summed E-state index contributed by atoms with van der Waals surface area (Å²) in [4.78, 5) is 4.07. The molecule has 0 aromatic carbocycles. The fourth-order valence-electron chi connectivity index (χ4n) is 1.46. The maximum Gasteiger partial charge on any atom is 0.104 e. The van der Waals surface area contributed by atoms with Crippen molar-refractivity contribution in [1.82, 2.24) is 0 Å². The van der Waals surface area contributed by atoms with Crippen molar-refractivity contribution in [2.24, 2.45) is 10.9 Å². The molecule has 3 heteroatoms. The summed E-state index contributed by atoms with van der Waals surface area (Å²) in [5.41, 5.74) is 0.156. The zero-order chi connectivity index (χ0) is 9.78. The van der Waals surface area contributed by atoms with E-state index in [0.717, 1.165) is 18.6 Å². The molecular formula is C10H21NOTm. The van der Waals surface area contributed by atoms with Crippen LogP contribution in [-0.4, -0.2) is 23.5 Å². The molecule has 0 heterocycles. The molecule has 1 N–H and O–H groups in total. The first-order valence-electron chi connectivity index (χ1n) is 4.65. The maximum absolute atomic E-state index is 10.2. The Morgan fingerprint density at radius 2 is 1.92 bits per heavy atom. The monoisotopic (exact) mass is 340 g/mol. The van der Waals surface area contributed by atoms with E-state index in [1.54, 1.807) is 7.05 Å². The summed E-state index contributed by atoms with van der Waals surface area (Å²) >= 11 is 0. The van der Waals surface area contributed by atoms with Gasteiger partial charge in [0, 0.05) is 49.6 Å². The van der Waals surface area contributed by atoms with Crippen molar-refractivity contribution in [2.45, 2.75) is 46.1 Å². The summed E-state index contributed by atoms with van der Waals surface area (Å²) in [6.45, 7) is 8.04. The third kappa shape index (κ3) is 4.27. The Hall–Kier alpha value is 0.864. The van der Waals surface area contributed by atoms with Crippen LogP contribution in [0.5, 0.6) is 0 Å². The Morgan fingerprint density at radius 3 is 2.15 bits per heavy atom. The molecule has 85 valence electrons. The Labute approximate surface area is 111 Å². The molecule has 1 atom stereocenters. The number of nitrogens with zero attached hydrogens (tertiary/aromatic N) is 1. The maximum atomic E-state index is 10.2. The van der Waals surface area contributed by atoms with Gasteiger partial charge in [-0.3, -0.25) is 4.99 Å². The summed E-state index contributed by atoms with van der Waals surface area (Å²) < 4.78 is 0. The average molecular weight is 340 g/mol. The van der Waals surface area contributed by atoms with Crippen LogP contribution in [0.4, 0.5) is 0 Å². The van der Waals surface area contributed by atoms with Crippen molar-refractivity contribution in [1.29, 1.82) is 0 Å². The second-order valence-electron chi connectivity index (χ2n) is 3.64. The van der Waals surface area contributed by atoms with Crippen molar-refractivity contribution in [3.8, 4) is 0 Å². The first-order valence-corrected chi connectivity index (χ1v) is 4.65. The molecule has 0 fully saturated rings. The summed E-state index contributed by atoms with van der Waals surface area (Å²) in [6, 6.07) is 0. The van der Waals surface area contributed by atoms with Crippen molar-refractivity contribution in [2.75, 3.05) is 7.05 Å². The molecule has 1 radical (unpaired) electrons. The third-order valence-corrected chi connectivity index (χ3v) is 2.55. The molecule has 0 saturated heterocycles. The van der Waals surface area contributed by atoms with Gasteiger partial charge in [0.1, 0.15) is 5.60 Å². The molecule has 2 nitrogen and oxygen atoms in total. The Balaban J connectivity index is 0. The second kappa shape index (κ2) is 7.19. The van der Waals surface area contributed by atoms with E-state index in [9.17, 15) is 5.11 Å². The van der Waals surface area contributed by atoms with Crippen LogP contribution in [0.25, 0.3) is 0 Å². The fourth-order valence-corrected chi connectivity index (χ4v) is 1.46. The molecule has 1 unspecified atom stereocenters. The quantitative estimate of drug-likeness (QED) is 0.783. The van der Waals surface area contributed by atoms with Crippen LogP contribution in [0.15, 0.2) is 4.99 Å². The molecule has 0 spiro atoms. The number of aliphatic hydroxyl groups is 1. The Kier molecular flexibility index (Phi) is 9.02. The van der Waals surface area contributed by atoms with Gasteiger partial charge in [0.05, 0.1) is 0 Å². The zero-order valence-electron chi connectivity index (χ0n) is 9.16. The molecule has 0 aromatic heterocycles. The molecule has 0 aliphatic carbocycles. The minimum Gasteiger partial charge on any atom is -0.384 e. The molecule has 13 heavy (non-hydrogen) atoms. The van der Waals surface area contributed by atoms with Gasteiger partial charge in [-0.2, -0.15) is 0 Å². The first kappa shape index (κ1) is 16.3. The molecular weight excluding hydrogens is 319 g/mol. The number of hydrogen-bond acceptors (Lipinski definition) is 2. The van der Waals surface area contributed by atoms with Crippen molar-refractivity contribution in [3.05, 3.63) is 0 Å². The molecule has 0 amide bonds. The van der Waals surface area contributed by atoms with Crippen molar-refractivity contribution >= 4 is 5.71 Å². The van der Waals surface area contributed by atoms with E-state index in [4.69, 9.17) is 0 Å². The zero-order valence-corrected chi connectivity index (χ0v) is 10.9. The molecule has 0 bridgehead atoms. The minimum absolute atomic E-state index is 0. The summed E-state index contributed by atoms with van der Waals surface area (Å²) in [6.07, 6.45) is 1.79. The molecule has 0 aliphatic rings. The van der Waals surface area contributed by atoms with Gasteiger partial charge < -0.3 is 5.11 Å². The van der Waals surface area contributed by atoms with Gasteiger partial charge in [0.2, 0.25) is 0 Å². The van der Waals surface area contributed by atoms with E-state index < -0.39 is 5.60 Å². The number of rotatable bonds is 4. The first-order chi connectivity index (χ1) is 5.49. The van der Waals surface area contributed by atoms with E-state index in [2.05, 4.69) is 11.9 Å². The van der Waals surface area contributed by atoms with Gasteiger partial charge in [0.15, 0.2) is 0 Å². The van der Waals surface area contributed by atoms with Crippen molar-refractivity contribution < 1.29 is 42.0 Å². The number of hydrogen-bond donors (Lipinski definition) is 1. The van der Waals surface area contributed by atoms with E-state index >= 15 is 0 Å². The van der Waals surface area contributed by atoms with Gasteiger partial charge in [-0.1, -0.05) is 27.2 Å². The van der Waals surface area contributed by atoms with E-state index in [-0.39, 0.29) is 42.8 Å². The van der Waals surface area contributed by atoms with Gasteiger partial charge in [-0.05, 0) is 19.3 Å². The summed E-state index contributed by atoms with van der Waals surface area (Å²) in [5, 5.41) is 10.2. The average Bonchev–Trinajstić information content (AvgIpc) is 2.03. The van der Waals surface area contributed by atoms with Crippen LogP contribution in [0.3, 0.4) is 0 Å². The van der Waals surface area contributed by atoms with Gasteiger partial charge in [-0.25, -0.2) is 0 Å².